The topological polar surface area (TPSA) is 15.6 Å². The molecule has 0 N–H and O–H groups in total. The van der Waals surface area contributed by atoms with Crippen LogP contribution < -0.4 is 0 Å². The van der Waals surface area contributed by atoms with Crippen molar-refractivity contribution < 1.29 is 0 Å². The van der Waals surface area contributed by atoms with E-state index in [2.05, 4.69) is 16.0 Å². The Bertz CT molecular complexity index is 257. The first-order valence-electron chi connectivity index (χ1n) is 4.91. The van der Waals surface area contributed by atoms with Crippen molar-refractivity contribution >= 4 is 5.71 Å². The highest BCUT2D eigenvalue weighted by molar-refractivity contribution is 5.91. The number of allylic oxidation sites excluding steroid dienone is 2. The van der Waals surface area contributed by atoms with Gasteiger partial charge in [-0.1, -0.05) is 6.08 Å². The lowest BCUT2D eigenvalue weighted by Gasteiger charge is -2.34. The van der Waals surface area contributed by atoms with E-state index in [0.29, 0.717) is 0 Å². The van der Waals surface area contributed by atoms with Gasteiger partial charge in [-0.15, -0.1) is 0 Å². The van der Waals surface area contributed by atoms with Gasteiger partial charge in [-0.05, 0) is 25.7 Å². The SMILES string of the molecule is C1=C2C3CC(=NCN2CCC1)C3. The molecule has 0 saturated heterocycles. The first-order chi connectivity index (χ1) is 5.93. The molecule has 1 aliphatic carbocycles. The van der Waals surface area contributed by atoms with Crippen LogP contribution in [0.25, 0.3) is 0 Å². The van der Waals surface area contributed by atoms with E-state index in [1.807, 2.05) is 0 Å². The molecule has 2 bridgehead atoms. The Morgan fingerprint density at radius 3 is 3.25 bits per heavy atom. The Kier molecular flexibility index (Phi) is 1.31. The van der Waals surface area contributed by atoms with E-state index in [-0.39, 0.29) is 0 Å². The summed E-state index contributed by atoms with van der Waals surface area (Å²) in [5.41, 5.74) is 3.06. The molecule has 0 aromatic heterocycles. The molecule has 2 heteroatoms. The molecule has 0 aromatic carbocycles. The Labute approximate surface area is 73.0 Å². The van der Waals surface area contributed by atoms with Gasteiger partial charge >= 0.3 is 0 Å². The summed E-state index contributed by atoms with van der Waals surface area (Å²) in [5.74, 6) is 0.839. The average molecular weight is 162 g/mol. The summed E-state index contributed by atoms with van der Waals surface area (Å²) in [7, 11) is 0. The molecule has 1 fully saturated rings. The van der Waals surface area contributed by atoms with Gasteiger partial charge in [0.1, 0.15) is 6.67 Å². The minimum atomic E-state index is 0.839. The van der Waals surface area contributed by atoms with Crippen LogP contribution in [0, 0.1) is 5.92 Å². The summed E-state index contributed by atoms with van der Waals surface area (Å²) in [5, 5.41) is 0. The van der Waals surface area contributed by atoms with Crippen molar-refractivity contribution in [1.29, 1.82) is 0 Å². The maximum atomic E-state index is 4.58. The standard InChI is InChI=1S/C10H14N2/c1-2-4-12-7-11-9-5-8(6-9)10(12)3-1/h3,8H,1-2,4-7H2. The zero-order valence-corrected chi connectivity index (χ0v) is 7.29. The van der Waals surface area contributed by atoms with Crippen molar-refractivity contribution in [1.82, 2.24) is 4.90 Å². The normalized spacial score (nSPS) is 28.2. The molecule has 64 valence electrons. The lowest BCUT2D eigenvalue weighted by Crippen LogP contribution is -2.32. The van der Waals surface area contributed by atoms with E-state index in [1.165, 1.54) is 37.9 Å². The van der Waals surface area contributed by atoms with E-state index in [0.717, 1.165) is 12.6 Å². The van der Waals surface area contributed by atoms with Crippen LogP contribution in [0.1, 0.15) is 25.7 Å². The molecule has 3 aliphatic heterocycles. The summed E-state index contributed by atoms with van der Waals surface area (Å²) >= 11 is 0. The fraction of sp³-hybridized carbons (Fsp3) is 0.700. The Hall–Kier alpha value is -0.790. The van der Waals surface area contributed by atoms with E-state index in [4.69, 9.17) is 0 Å². The molecule has 2 nitrogen and oxygen atoms in total. The zero-order valence-electron chi connectivity index (χ0n) is 7.29. The van der Waals surface area contributed by atoms with Crippen LogP contribution in [0.3, 0.4) is 0 Å². The molecule has 0 aromatic rings. The van der Waals surface area contributed by atoms with Crippen molar-refractivity contribution in [3.8, 4) is 0 Å². The smallest absolute Gasteiger partial charge is 0.109 e. The largest absolute Gasteiger partial charge is 0.356 e. The zero-order chi connectivity index (χ0) is 7.97. The molecule has 0 spiro atoms. The van der Waals surface area contributed by atoms with Crippen molar-refractivity contribution in [2.75, 3.05) is 13.2 Å². The summed E-state index contributed by atoms with van der Waals surface area (Å²) < 4.78 is 0. The monoisotopic (exact) mass is 162 g/mol. The van der Waals surface area contributed by atoms with Crippen molar-refractivity contribution in [2.24, 2.45) is 10.9 Å². The minimum absolute atomic E-state index is 0.839. The summed E-state index contributed by atoms with van der Waals surface area (Å²) in [4.78, 5) is 7.04. The number of nitrogens with zero attached hydrogens (tertiary/aromatic N) is 2. The van der Waals surface area contributed by atoms with Crippen molar-refractivity contribution in [3.63, 3.8) is 0 Å². The molecule has 0 atom stereocenters. The van der Waals surface area contributed by atoms with Crippen molar-refractivity contribution in [2.45, 2.75) is 25.7 Å². The molecule has 0 unspecified atom stereocenters. The Balaban J connectivity index is 1.94. The Morgan fingerprint density at radius 1 is 1.42 bits per heavy atom. The summed E-state index contributed by atoms with van der Waals surface area (Å²) in [6, 6.07) is 0. The van der Waals surface area contributed by atoms with E-state index < -0.39 is 0 Å². The Morgan fingerprint density at radius 2 is 2.33 bits per heavy atom. The third kappa shape index (κ3) is 0.838. The second-order valence-corrected chi connectivity index (χ2v) is 4.01. The highest BCUT2D eigenvalue weighted by atomic mass is 15.2. The molecule has 4 aliphatic rings. The molecule has 4 rings (SSSR count). The first kappa shape index (κ1) is 6.70. The fourth-order valence-corrected chi connectivity index (χ4v) is 2.40. The lowest BCUT2D eigenvalue weighted by molar-refractivity contribution is 0.299. The maximum Gasteiger partial charge on any atom is 0.109 e. The molecule has 0 radical (unpaired) electrons. The third-order valence-electron chi connectivity index (χ3n) is 3.20. The van der Waals surface area contributed by atoms with Crippen LogP contribution in [0.5, 0.6) is 0 Å². The van der Waals surface area contributed by atoms with Gasteiger partial charge < -0.3 is 4.90 Å². The molecule has 12 heavy (non-hydrogen) atoms. The molecule has 0 amide bonds. The molecular formula is C10H14N2. The number of fused-ring (bicyclic) bond motifs is 1. The highest BCUT2D eigenvalue weighted by Crippen LogP contribution is 2.37. The van der Waals surface area contributed by atoms with Gasteiger partial charge in [-0.3, -0.25) is 4.99 Å². The van der Waals surface area contributed by atoms with Crippen LogP contribution in [0.4, 0.5) is 0 Å². The predicted molar refractivity (Wildman–Crippen MR) is 49.0 cm³/mol. The number of rotatable bonds is 0. The third-order valence-corrected chi connectivity index (χ3v) is 3.20. The minimum Gasteiger partial charge on any atom is -0.356 e. The second-order valence-electron chi connectivity index (χ2n) is 4.01. The highest BCUT2D eigenvalue weighted by Gasteiger charge is 2.34. The van der Waals surface area contributed by atoms with Gasteiger partial charge in [-0.25, -0.2) is 0 Å². The van der Waals surface area contributed by atoms with Crippen LogP contribution in [0.15, 0.2) is 16.8 Å². The predicted octanol–water partition coefficient (Wildman–Crippen LogP) is 1.79. The van der Waals surface area contributed by atoms with Crippen molar-refractivity contribution in [3.05, 3.63) is 11.8 Å². The van der Waals surface area contributed by atoms with Crippen LogP contribution >= 0.6 is 0 Å². The van der Waals surface area contributed by atoms with Gasteiger partial charge in [0.15, 0.2) is 0 Å². The number of aliphatic imine (C=N–C) groups is 1. The quantitative estimate of drug-likeness (QED) is 0.530. The molecule has 3 heterocycles. The lowest BCUT2D eigenvalue weighted by atomic mass is 9.80. The first-order valence-corrected chi connectivity index (χ1v) is 4.91. The second kappa shape index (κ2) is 2.35. The van der Waals surface area contributed by atoms with E-state index in [9.17, 15) is 0 Å². The van der Waals surface area contributed by atoms with Gasteiger partial charge in [0.2, 0.25) is 0 Å². The van der Waals surface area contributed by atoms with Gasteiger partial charge in [-0.2, -0.15) is 0 Å². The molecular weight excluding hydrogens is 148 g/mol. The van der Waals surface area contributed by atoms with Gasteiger partial charge in [0, 0.05) is 23.9 Å². The fourth-order valence-electron chi connectivity index (χ4n) is 2.40. The van der Waals surface area contributed by atoms with Gasteiger partial charge in [0.25, 0.3) is 0 Å². The summed E-state index contributed by atoms with van der Waals surface area (Å²) in [6.45, 7) is 2.18. The van der Waals surface area contributed by atoms with Crippen LogP contribution in [0.2, 0.25) is 0 Å². The molecule has 1 saturated carbocycles. The van der Waals surface area contributed by atoms with E-state index in [1.54, 1.807) is 5.70 Å². The average Bonchev–Trinajstić information content (AvgIpc) is 2.30. The van der Waals surface area contributed by atoms with Crippen LogP contribution in [-0.4, -0.2) is 23.8 Å². The van der Waals surface area contributed by atoms with E-state index >= 15 is 0 Å². The summed E-state index contributed by atoms with van der Waals surface area (Å²) in [6.07, 6.45) is 7.55. The van der Waals surface area contributed by atoms with Crippen LogP contribution in [-0.2, 0) is 0 Å². The number of hydrogen-bond acceptors (Lipinski definition) is 2. The maximum absolute atomic E-state index is 4.58. The number of hydrogen-bond donors (Lipinski definition) is 0. The van der Waals surface area contributed by atoms with Gasteiger partial charge in [0.05, 0.1) is 0 Å².